The van der Waals surface area contributed by atoms with Gasteiger partial charge in [0, 0.05) is 36.3 Å². The highest BCUT2D eigenvalue weighted by Gasteiger charge is 2.17. The van der Waals surface area contributed by atoms with Crippen molar-refractivity contribution in [2.24, 2.45) is 0 Å². The molecule has 0 aliphatic heterocycles. The molecule has 9 heteroatoms. The minimum Gasteiger partial charge on any atom is -0.385 e. The number of nitrogens with zero attached hydrogens (tertiary/aromatic N) is 3. The van der Waals surface area contributed by atoms with Crippen LogP contribution in [0.5, 0.6) is 0 Å². The number of hydrogen-bond donors (Lipinski definition) is 2. The van der Waals surface area contributed by atoms with Crippen molar-refractivity contribution in [3.05, 3.63) is 46.0 Å². The van der Waals surface area contributed by atoms with Gasteiger partial charge in [-0.1, -0.05) is 0 Å². The number of nitro groups is 1. The molecule has 0 spiro atoms. The summed E-state index contributed by atoms with van der Waals surface area (Å²) in [5.74, 6) is 0.717. The first-order valence-electron chi connectivity index (χ1n) is 6.22. The molecule has 0 aliphatic carbocycles. The zero-order chi connectivity index (χ0) is 15.2. The van der Waals surface area contributed by atoms with Crippen LogP contribution in [-0.4, -0.2) is 26.6 Å². The zero-order valence-electron chi connectivity index (χ0n) is 10.9. The predicted octanol–water partition coefficient (Wildman–Crippen LogP) is 2.70. The van der Waals surface area contributed by atoms with Crippen molar-refractivity contribution in [1.82, 2.24) is 15.2 Å². The number of alkyl halides is 2. The smallest absolute Gasteiger partial charge is 0.270 e. The average Bonchev–Trinajstić information content (AvgIpc) is 2.96. The van der Waals surface area contributed by atoms with E-state index in [2.05, 4.69) is 20.5 Å². The van der Waals surface area contributed by atoms with Gasteiger partial charge in [0.1, 0.15) is 12.2 Å². The number of aromatic nitrogens is 3. The number of benzene rings is 1. The standard InChI is InChI=1S/C12H13F2N5O2/c13-12(14)9-6-8(19(20)21)3-4-10(9)15-5-1-2-11-16-7-17-18-11/h3-4,6-7,12,15H,1-2,5H2,(H,16,17,18). The number of H-pyrrole nitrogens is 1. The van der Waals surface area contributed by atoms with E-state index in [0.717, 1.165) is 11.9 Å². The van der Waals surface area contributed by atoms with E-state index in [1.54, 1.807) is 0 Å². The third-order valence-corrected chi connectivity index (χ3v) is 2.85. The summed E-state index contributed by atoms with van der Waals surface area (Å²) in [6.07, 6.45) is -0.0889. The van der Waals surface area contributed by atoms with Gasteiger partial charge >= 0.3 is 0 Å². The lowest BCUT2D eigenvalue weighted by Crippen LogP contribution is -2.06. The largest absolute Gasteiger partial charge is 0.385 e. The lowest BCUT2D eigenvalue weighted by molar-refractivity contribution is -0.385. The van der Waals surface area contributed by atoms with Crippen LogP contribution < -0.4 is 5.32 Å². The highest BCUT2D eigenvalue weighted by molar-refractivity contribution is 5.56. The Kier molecular flexibility index (Phi) is 4.75. The molecule has 2 N–H and O–H groups in total. The molecule has 7 nitrogen and oxygen atoms in total. The van der Waals surface area contributed by atoms with Gasteiger partial charge in [0.05, 0.1) is 4.92 Å². The van der Waals surface area contributed by atoms with Crippen LogP contribution in [0.25, 0.3) is 0 Å². The van der Waals surface area contributed by atoms with Gasteiger partial charge in [0.25, 0.3) is 12.1 Å². The van der Waals surface area contributed by atoms with Crippen LogP contribution in [0.1, 0.15) is 24.2 Å². The second-order valence-electron chi connectivity index (χ2n) is 4.29. The average molecular weight is 297 g/mol. The van der Waals surface area contributed by atoms with Crippen molar-refractivity contribution in [3.63, 3.8) is 0 Å². The maximum Gasteiger partial charge on any atom is 0.270 e. The monoisotopic (exact) mass is 297 g/mol. The molecule has 0 atom stereocenters. The van der Waals surface area contributed by atoms with Crippen molar-refractivity contribution >= 4 is 11.4 Å². The fraction of sp³-hybridized carbons (Fsp3) is 0.333. The Morgan fingerprint density at radius 1 is 1.43 bits per heavy atom. The quantitative estimate of drug-likeness (QED) is 0.465. The number of rotatable bonds is 7. The molecule has 0 unspecified atom stereocenters. The summed E-state index contributed by atoms with van der Waals surface area (Å²) in [5.41, 5.74) is -0.519. The highest BCUT2D eigenvalue weighted by atomic mass is 19.3. The molecule has 0 saturated carbocycles. The Morgan fingerprint density at radius 2 is 2.24 bits per heavy atom. The number of anilines is 1. The summed E-state index contributed by atoms with van der Waals surface area (Å²) in [6, 6.07) is 3.39. The van der Waals surface area contributed by atoms with Gasteiger partial charge in [0.15, 0.2) is 0 Å². The molecular weight excluding hydrogens is 284 g/mol. The van der Waals surface area contributed by atoms with E-state index in [1.807, 2.05) is 0 Å². The number of hydrogen-bond acceptors (Lipinski definition) is 5. The number of aromatic amines is 1. The molecule has 0 fully saturated rings. The fourth-order valence-electron chi connectivity index (χ4n) is 1.84. The number of halogens is 2. The molecule has 0 saturated heterocycles. The van der Waals surface area contributed by atoms with E-state index < -0.39 is 11.3 Å². The van der Waals surface area contributed by atoms with E-state index in [4.69, 9.17) is 0 Å². The Morgan fingerprint density at radius 3 is 2.86 bits per heavy atom. The van der Waals surface area contributed by atoms with Crippen LogP contribution in [0.2, 0.25) is 0 Å². The predicted molar refractivity (Wildman–Crippen MR) is 71.2 cm³/mol. The number of aryl methyl sites for hydroxylation is 1. The van der Waals surface area contributed by atoms with Crippen LogP contribution >= 0.6 is 0 Å². The molecule has 1 aromatic carbocycles. The molecule has 0 amide bonds. The molecule has 1 heterocycles. The molecule has 0 aliphatic rings. The lowest BCUT2D eigenvalue weighted by atomic mass is 10.1. The van der Waals surface area contributed by atoms with Crippen LogP contribution in [0.3, 0.4) is 0 Å². The first-order chi connectivity index (χ1) is 10.1. The van der Waals surface area contributed by atoms with Crippen LogP contribution in [0.4, 0.5) is 20.2 Å². The van der Waals surface area contributed by atoms with E-state index >= 15 is 0 Å². The molecule has 0 radical (unpaired) electrons. The maximum atomic E-state index is 12.9. The van der Waals surface area contributed by atoms with Gasteiger partial charge in [-0.05, 0) is 12.5 Å². The van der Waals surface area contributed by atoms with E-state index in [0.29, 0.717) is 19.4 Å². The topological polar surface area (TPSA) is 96.7 Å². The van der Waals surface area contributed by atoms with E-state index in [1.165, 1.54) is 18.5 Å². The van der Waals surface area contributed by atoms with Crippen LogP contribution in [0.15, 0.2) is 24.5 Å². The van der Waals surface area contributed by atoms with Gasteiger partial charge in [0.2, 0.25) is 0 Å². The van der Waals surface area contributed by atoms with Gasteiger partial charge in [-0.3, -0.25) is 15.2 Å². The number of nitrogens with one attached hydrogen (secondary N) is 2. The third kappa shape index (κ3) is 3.94. The number of non-ortho nitro benzene ring substituents is 1. The van der Waals surface area contributed by atoms with E-state index in [-0.39, 0.29) is 16.9 Å². The van der Waals surface area contributed by atoms with Gasteiger partial charge < -0.3 is 5.32 Å². The summed E-state index contributed by atoms with van der Waals surface area (Å²) in [5, 5.41) is 19.9. The van der Waals surface area contributed by atoms with Crippen LogP contribution in [-0.2, 0) is 6.42 Å². The van der Waals surface area contributed by atoms with E-state index in [9.17, 15) is 18.9 Å². The van der Waals surface area contributed by atoms with Gasteiger partial charge in [-0.25, -0.2) is 13.8 Å². The Hall–Kier alpha value is -2.58. The first-order valence-corrected chi connectivity index (χ1v) is 6.22. The Bertz CT molecular complexity index is 604. The van der Waals surface area contributed by atoms with Crippen molar-refractivity contribution in [1.29, 1.82) is 0 Å². The summed E-state index contributed by atoms with van der Waals surface area (Å²) in [7, 11) is 0. The lowest BCUT2D eigenvalue weighted by Gasteiger charge is -2.11. The minimum atomic E-state index is -2.78. The number of nitro benzene ring substituents is 1. The summed E-state index contributed by atoms with van der Waals surface area (Å²) >= 11 is 0. The van der Waals surface area contributed by atoms with Crippen molar-refractivity contribution in [2.75, 3.05) is 11.9 Å². The van der Waals surface area contributed by atoms with Crippen molar-refractivity contribution in [3.8, 4) is 0 Å². The Balaban J connectivity index is 1.97. The SMILES string of the molecule is O=[N+]([O-])c1ccc(NCCCc2ncn[nH]2)c(C(F)F)c1. The van der Waals surface area contributed by atoms with Crippen LogP contribution in [0, 0.1) is 10.1 Å². The zero-order valence-corrected chi connectivity index (χ0v) is 10.9. The first kappa shape index (κ1) is 14.8. The summed E-state index contributed by atoms with van der Waals surface area (Å²) in [4.78, 5) is 13.9. The molecule has 2 rings (SSSR count). The highest BCUT2D eigenvalue weighted by Crippen LogP contribution is 2.30. The molecule has 112 valence electrons. The second-order valence-corrected chi connectivity index (χ2v) is 4.29. The molecule has 21 heavy (non-hydrogen) atoms. The molecular formula is C12H13F2N5O2. The summed E-state index contributed by atoms with van der Waals surface area (Å²) in [6.45, 7) is 0.443. The van der Waals surface area contributed by atoms with Gasteiger partial charge in [-0.15, -0.1) is 0 Å². The van der Waals surface area contributed by atoms with Crippen molar-refractivity contribution < 1.29 is 13.7 Å². The second kappa shape index (κ2) is 6.73. The molecule has 1 aromatic heterocycles. The Labute approximate surface area is 118 Å². The van der Waals surface area contributed by atoms with Gasteiger partial charge in [-0.2, -0.15) is 5.10 Å². The molecule has 2 aromatic rings. The molecule has 0 bridgehead atoms. The summed E-state index contributed by atoms with van der Waals surface area (Å²) < 4.78 is 25.8. The maximum absolute atomic E-state index is 12.9. The fourth-order valence-corrected chi connectivity index (χ4v) is 1.84. The minimum absolute atomic E-state index is 0.202. The van der Waals surface area contributed by atoms with Crippen molar-refractivity contribution in [2.45, 2.75) is 19.3 Å². The normalized spacial score (nSPS) is 10.8. The third-order valence-electron chi connectivity index (χ3n) is 2.85.